The largest absolute Gasteiger partial charge is 0.379 e. The topological polar surface area (TPSA) is 146 Å². The van der Waals surface area contributed by atoms with Crippen molar-refractivity contribution in [3.05, 3.63) is 76.5 Å². The van der Waals surface area contributed by atoms with Crippen molar-refractivity contribution in [1.82, 2.24) is 24.0 Å². The van der Waals surface area contributed by atoms with E-state index in [4.69, 9.17) is 4.74 Å². The summed E-state index contributed by atoms with van der Waals surface area (Å²) in [6, 6.07) is 13.9. The third-order valence-corrected chi connectivity index (χ3v) is 11.1. The number of urea groups is 1. The zero-order valence-electron chi connectivity index (χ0n) is 23.2. The number of sulfonamides is 1. The average molecular weight is 607 g/mol. The van der Waals surface area contributed by atoms with Crippen LogP contribution in [0.25, 0.3) is 10.9 Å². The van der Waals surface area contributed by atoms with E-state index >= 15 is 0 Å². The van der Waals surface area contributed by atoms with Gasteiger partial charge in [-0.25, -0.2) is 13.2 Å². The Morgan fingerprint density at radius 3 is 2.58 bits per heavy atom. The van der Waals surface area contributed by atoms with Gasteiger partial charge in [0.2, 0.25) is 10.0 Å². The van der Waals surface area contributed by atoms with E-state index in [0.29, 0.717) is 39.3 Å². The number of nitrogens with zero attached hydrogens (tertiary/aromatic N) is 6. The highest BCUT2D eigenvalue weighted by Gasteiger charge is 2.71. The standard InChI is InChI=1S/C29H30N6O7S/c36-27-29-19-32(43(40,41)26-8-4-3-7-24(26)35(38)39)18-22(29)16-25(21-15-20-5-1-2-6-23(20)30-17-21)34(29)28(37)33(27)10-9-31-11-13-42-14-12-31/h1-8,15,17,22,25H,9-14,16,18-19H2/t22-,25+,29?/m1/s1. The van der Waals surface area contributed by atoms with Crippen LogP contribution < -0.4 is 0 Å². The number of carbonyl (C=O) groups excluding carboxylic acids is 2. The molecular weight excluding hydrogens is 576 g/mol. The van der Waals surface area contributed by atoms with Gasteiger partial charge in [-0.3, -0.25) is 29.7 Å². The van der Waals surface area contributed by atoms with Gasteiger partial charge in [-0.2, -0.15) is 4.31 Å². The lowest BCUT2D eigenvalue weighted by Gasteiger charge is -2.31. The van der Waals surface area contributed by atoms with Gasteiger partial charge in [-0.1, -0.05) is 30.3 Å². The molecular formula is C29H30N6O7S. The molecule has 5 heterocycles. The normalized spacial score (nSPS) is 26.3. The molecule has 1 spiro atoms. The van der Waals surface area contributed by atoms with Gasteiger partial charge < -0.3 is 9.64 Å². The predicted octanol–water partition coefficient (Wildman–Crippen LogP) is 2.24. The first-order chi connectivity index (χ1) is 20.7. The summed E-state index contributed by atoms with van der Waals surface area (Å²) in [6.07, 6.45) is 2.08. The van der Waals surface area contributed by atoms with Crippen molar-refractivity contribution in [2.75, 3.05) is 52.5 Å². The molecule has 3 amide bonds. The Morgan fingerprint density at radius 2 is 1.79 bits per heavy atom. The van der Waals surface area contributed by atoms with Crippen LogP contribution in [0.3, 0.4) is 0 Å². The van der Waals surface area contributed by atoms with Crippen LogP contribution in [0, 0.1) is 16.0 Å². The number of nitro benzene ring substituents is 1. The molecule has 4 aliphatic heterocycles. The first-order valence-corrected chi connectivity index (χ1v) is 15.7. The van der Waals surface area contributed by atoms with Gasteiger partial charge in [0.1, 0.15) is 5.54 Å². The minimum absolute atomic E-state index is 0.0429. The fraction of sp³-hybridized carbons (Fsp3) is 0.414. The lowest BCUT2D eigenvalue weighted by atomic mass is 9.87. The summed E-state index contributed by atoms with van der Waals surface area (Å²) in [6.45, 7) is 2.88. The van der Waals surface area contributed by atoms with Crippen LogP contribution in [0.2, 0.25) is 0 Å². The molecule has 0 aliphatic carbocycles. The van der Waals surface area contributed by atoms with Crippen LogP contribution in [-0.4, -0.2) is 107 Å². The third kappa shape index (κ3) is 4.31. The second kappa shape index (κ2) is 10.3. The molecule has 0 saturated carbocycles. The van der Waals surface area contributed by atoms with Crippen molar-refractivity contribution in [3.8, 4) is 0 Å². The number of carbonyl (C=O) groups is 2. The van der Waals surface area contributed by atoms with Crippen molar-refractivity contribution in [1.29, 1.82) is 0 Å². The number of hydrogen-bond donors (Lipinski definition) is 0. The molecule has 2 aromatic carbocycles. The van der Waals surface area contributed by atoms with Crippen LogP contribution in [0.15, 0.2) is 65.7 Å². The molecule has 43 heavy (non-hydrogen) atoms. The molecule has 13 nitrogen and oxygen atoms in total. The van der Waals surface area contributed by atoms with E-state index in [2.05, 4.69) is 9.88 Å². The summed E-state index contributed by atoms with van der Waals surface area (Å²) in [5.41, 5.74) is -0.377. The van der Waals surface area contributed by atoms with E-state index in [-0.39, 0.29) is 19.6 Å². The van der Waals surface area contributed by atoms with Gasteiger partial charge in [0, 0.05) is 62.8 Å². The monoisotopic (exact) mass is 606 g/mol. The lowest BCUT2D eigenvalue weighted by molar-refractivity contribution is -0.387. The van der Waals surface area contributed by atoms with Gasteiger partial charge >= 0.3 is 6.03 Å². The first kappa shape index (κ1) is 27.8. The summed E-state index contributed by atoms with van der Waals surface area (Å²) in [4.78, 5) is 48.5. The maximum Gasteiger partial charge on any atom is 0.328 e. The summed E-state index contributed by atoms with van der Waals surface area (Å²) in [5.74, 6) is -0.932. The van der Waals surface area contributed by atoms with E-state index in [9.17, 15) is 28.1 Å². The zero-order valence-corrected chi connectivity index (χ0v) is 24.1. The minimum Gasteiger partial charge on any atom is -0.379 e. The Labute approximate surface area is 247 Å². The third-order valence-electron chi connectivity index (χ3n) is 9.24. The molecule has 0 bridgehead atoms. The van der Waals surface area contributed by atoms with Gasteiger partial charge in [-0.15, -0.1) is 0 Å². The molecule has 1 aromatic heterocycles. The molecule has 0 radical (unpaired) electrons. The SMILES string of the molecule is O=C1N(CCN2CCOCC2)C(=O)C23CN(S(=O)(=O)c4ccccc4[N+](=O)[O-])C[C@H]2C[C@@H](c2cnc4ccccc4c2)N13. The molecule has 4 saturated heterocycles. The molecule has 4 fully saturated rings. The number of ether oxygens (including phenoxy) is 1. The lowest BCUT2D eigenvalue weighted by Crippen LogP contribution is -2.52. The number of nitro groups is 1. The molecule has 4 aliphatic rings. The fourth-order valence-electron chi connectivity index (χ4n) is 7.12. The molecule has 3 aromatic rings. The van der Waals surface area contributed by atoms with E-state index in [1.165, 1.54) is 23.1 Å². The van der Waals surface area contributed by atoms with Crippen molar-refractivity contribution < 1.29 is 27.7 Å². The van der Waals surface area contributed by atoms with Crippen LogP contribution in [0.1, 0.15) is 18.0 Å². The fourth-order valence-corrected chi connectivity index (χ4v) is 8.80. The number of morpholine rings is 1. The van der Waals surface area contributed by atoms with Crippen LogP contribution >= 0.6 is 0 Å². The Hall–Kier alpha value is -3.98. The molecule has 7 rings (SSSR count). The first-order valence-electron chi connectivity index (χ1n) is 14.3. The number of imide groups is 1. The number of pyridine rings is 1. The number of rotatable bonds is 7. The highest BCUT2D eigenvalue weighted by atomic mass is 32.2. The van der Waals surface area contributed by atoms with Crippen molar-refractivity contribution in [3.63, 3.8) is 0 Å². The molecule has 1 unspecified atom stereocenters. The number of hydrogen-bond acceptors (Lipinski definition) is 9. The Balaban J connectivity index is 1.26. The van der Waals surface area contributed by atoms with Crippen molar-refractivity contribution >= 4 is 38.6 Å². The Kier molecular flexibility index (Phi) is 6.69. The number of aromatic nitrogens is 1. The number of benzene rings is 2. The highest BCUT2D eigenvalue weighted by molar-refractivity contribution is 7.89. The Morgan fingerprint density at radius 1 is 1.05 bits per heavy atom. The zero-order chi connectivity index (χ0) is 29.9. The number of para-hydroxylation sites is 2. The van der Waals surface area contributed by atoms with Crippen molar-refractivity contribution in [2.24, 2.45) is 5.92 Å². The second-order valence-corrected chi connectivity index (χ2v) is 13.3. The summed E-state index contributed by atoms with van der Waals surface area (Å²) in [7, 11) is -4.35. The number of fused-ring (bicyclic) bond motifs is 1. The van der Waals surface area contributed by atoms with Gasteiger partial charge in [-0.05, 0) is 30.2 Å². The average Bonchev–Trinajstić information content (AvgIpc) is 3.62. The Bertz CT molecular complexity index is 1750. The number of amides is 3. The highest BCUT2D eigenvalue weighted by Crippen LogP contribution is 2.55. The van der Waals surface area contributed by atoms with Crippen molar-refractivity contribution in [2.45, 2.75) is 22.9 Å². The van der Waals surface area contributed by atoms with E-state index in [1.807, 2.05) is 30.3 Å². The van der Waals surface area contributed by atoms with Gasteiger partial charge in [0.25, 0.3) is 11.6 Å². The maximum absolute atomic E-state index is 14.3. The second-order valence-electron chi connectivity index (χ2n) is 11.4. The summed E-state index contributed by atoms with van der Waals surface area (Å²) < 4.78 is 34.2. The maximum atomic E-state index is 14.3. The summed E-state index contributed by atoms with van der Waals surface area (Å²) in [5, 5.41) is 12.6. The quantitative estimate of drug-likeness (QED) is 0.224. The molecule has 0 N–H and O–H groups in total. The van der Waals surface area contributed by atoms with Crippen LogP contribution in [0.4, 0.5) is 10.5 Å². The molecule has 224 valence electrons. The smallest absolute Gasteiger partial charge is 0.328 e. The van der Waals surface area contributed by atoms with Crippen LogP contribution in [-0.2, 0) is 19.6 Å². The minimum atomic E-state index is -4.35. The van der Waals surface area contributed by atoms with Crippen LogP contribution in [0.5, 0.6) is 0 Å². The predicted molar refractivity (Wildman–Crippen MR) is 153 cm³/mol. The molecule has 14 heteroatoms. The molecule has 3 atom stereocenters. The van der Waals surface area contributed by atoms with Gasteiger partial charge in [0.05, 0.1) is 29.7 Å². The van der Waals surface area contributed by atoms with E-state index in [0.717, 1.165) is 26.8 Å². The summed E-state index contributed by atoms with van der Waals surface area (Å²) >= 11 is 0. The van der Waals surface area contributed by atoms with E-state index in [1.54, 1.807) is 11.1 Å². The van der Waals surface area contributed by atoms with Gasteiger partial charge in [0.15, 0.2) is 4.90 Å². The van der Waals surface area contributed by atoms with E-state index < -0.39 is 55.0 Å².